The van der Waals surface area contributed by atoms with Crippen molar-refractivity contribution in [1.29, 1.82) is 0 Å². The quantitative estimate of drug-likeness (QED) is 0.428. The highest BCUT2D eigenvalue weighted by atomic mass is 16.6. The second-order valence-electron chi connectivity index (χ2n) is 5.64. The fourth-order valence-corrected chi connectivity index (χ4v) is 2.46. The highest BCUT2D eigenvalue weighted by Gasteiger charge is 2.17. The first-order valence-corrected chi connectivity index (χ1v) is 8.36. The van der Waals surface area contributed by atoms with Crippen LogP contribution in [0.3, 0.4) is 0 Å². The Kier molecular flexibility index (Phi) is 5.88. The van der Waals surface area contributed by atoms with Crippen LogP contribution in [-0.4, -0.2) is 34.1 Å². The first-order valence-electron chi connectivity index (χ1n) is 8.36. The second kappa shape index (κ2) is 8.69. The molecule has 0 amide bonds. The lowest BCUT2D eigenvalue weighted by Gasteiger charge is -2.11. The number of methoxy groups -OCH3 is 2. The molecule has 29 heavy (non-hydrogen) atoms. The molecule has 11 heteroatoms. The van der Waals surface area contributed by atoms with Gasteiger partial charge in [0.25, 0.3) is 0 Å². The molecule has 11 nitrogen and oxygen atoms in total. The van der Waals surface area contributed by atoms with Gasteiger partial charge in [0.2, 0.25) is 11.9 Å². The van der Waals surface area contributed by atoms with Crippen molar-refractivity contribution in [2.75, 3.05) is 25.3 Å². The maximum absolute atomic E-state index is 11.3. The van der Waals surface area contributed by atoms with Crippen LogP contribution in [0, 0.1) is 10.1 Å². The molecule has 0 saturated heterocycles. The molecule has 0 unspecified atom stereocenters. The van der Waals surface area contributed by atoms with E-state index in [-0.39, 0.29) is 35.8 Å². The van der Waals surface area contributed by atoms with Crippen molar-refractivity contribution in [3.8, 4) is 17.2 Å². The Bertz CT molecular complexity index is 1030. The van der Waals surface area contributed by atoms with Crippen molar-refractivity contribution < 1.29 is 19.1 Å². The highest BCUT2D eigenvalue weighted by molar-refractivity contribution is 5.62. The maximum Gasteiger partial charge on any atom is 0.314 e. The summed E-state index contributed by atoms with van der Waals surface area (Å²) in [4.78, 5) is 23.0. The van der Waals surface area contributed by atoms with Crippen LogP contribution in [0.2, 0.25) is 0 Å². The van der Waals surface area contributed by atoms with E-state index in [0.29, 0.717) is 17.2 Å². The third kappa shape index (κ3) is 4.77. The van der Waals surface area contributed by atoms with Crippen LogP contribution in [0.1, 0.15) is 5.82 Å². The van der Waals surface area contributed by atoms with E-state index in [1.165, 1.54) is 19.2 Å². The van der Waals surface area contributed by atoms with Gasteiger partial charge in [0.15, 0.2) is 11.6 Å². The molecular weight excluding hydrogens is 380 g/mol. The Balaban J connectivity index is 1.80. The number of nitrogen functional groups attached to an aromatic ring is 1. The van der Waals surface area contributed by atoms with Gasteiger partial charge in [0.05, 0.1) is 30.9 Å². The van der Waals surface area contributed by atoms with Gasteiger partial charge in [-0.1, -0.05) is 12.1 Å². The summed E-state index contributed by atoms with van der Waals surface area (Å²) in [5.74, 6) is 1.34. The zero-order valence-corrected chi connectivity index (χ0v) is 15.7. The third-order valence-corrected chi connectivity index (χ3v) is 3.77. The molecule has 3 N–H and O–H groups in total. The lowest BCUT2D eigenvalue weighted by atomic mass is 10.3. The van der Waals surface area contributed by atoms with Gasteiger partial charge in [-0.05, 0) is 24.3 Å². The normalized spacial score (nSPS) is 10.3. The van der Waals surface area contributed by atoms with Gasteiger partial charge in [-0.15, -0.1) is 0 Å². The number of anilines is 3. The number of nitro groups is 1. The van der Waals surface area contributed by atoms with Crippen molar-refractivity contribution in [2.45, 2.75) is 6.61 Å². The van der Waals surface area contributed by atoms with E-state index in [4.69, 9.17) is 19.9 Å². The van der Waals surface area contributed by atoms with Crippen molar-refractivity contribution in [1.82, 2.24) is 15.0 Å². The summed E-state index contributed by atoms with van der Waals surface area (Å²) < 4.78 is 15.8. The third-order valence-electron chi connectivity index (χ3n) is 3.77. The standard InChI is InChI=1S/C18H18N6O5/c1-27-11-7-8-15(13(9-11)24(25)26)29-10-16-21-17(19)23-18(22-16)20-12-5-3-4-6-14(12)28-2/h3-9H,10H2,1-2H3,(H3,19,20,21,22,23). The number of benzene rings is 2. The van der Waals surface area contributed by atoms with Crippen LogP contribution in [0.5, 0.6) is 17.2 Å². The molecule has 0 aliphatic rings. The molecule has 0 aliphatic carbocycles. The molecule has 0 fully saturated rings. The molecule has 0 atom stereocenters. The van der Waals surface area contributed by atoms with E-state index in [9.17, 15) is 10.1 Å². The number of nitro benzene ring substituents is 1. The number of ether oxygens (including phenoxy) is 3. The SMILES string of the molecule is COc1ccc(OCc2nc(N)nc(Nc3ccccc3OC)n2)c([N+](=O)[O-])c1. The number of rotatable bonds is 8. The molecule has 0 saturated carbocycles. The first-order chi connectivity index (χ1) is 14.0. The summed E-state index contributed by atoms with van der Waals surface area (Å²) in [6.45, 7) is -0.152. The van der Waals surface area contributed by atoms with Crippen molar-refractivity contribution in [3.63, 3.8) is 0 Å². The largest absolute Gasteiger partial charge is 0.496 e. The Labute approximate surface area is 165 Å². The van der Waals surface area contributed by atoms with Gasteiger partial charge in [-0.2, -0.15) is 15.0 Å². The first kappa shape index (κ1) is 19.6. The van der Waals surface area contributed by atoms with Crippen LogP contribution in [0.15, 0.2) is 42.5 Å². The summed E-state index contributed by atoms with van der Waals surface area (Å²) in [7, 11) is 2.97. The van der Waals surface area contributed by atoms with Gasteiger partial charge in [0.1, 0.15) is 18.1 Å². The molecule has 0 radical (unpaired) electrons. The van der Waals surface area contributed by atoms with Crippen LogP contribution < -0.4 is 25.3 Å². The zero-order valence-electron chi connectivity index (χ0n) is 15.7. The Hall–Kier alpha value is -4.15. The number of nitrogens with zero attached hydrogens (tertiary/aromatic N) is 4. The summed E-state index contributed by atoms with van der Waals surface area (Å²) in [6, 6.07) is 11.5. The number of nitrogens with one attached hydrogen (secondary N) is 1. The molecule has 0 aliphatic heterocycles. The van der Waals surface area contributed by atoms with E-state index >= 15 is 0 Å². The van der Waals surface area contributed by atoms with Gasteiger partial charge in [-0.3, -0.25) is 10.1 Å². The van der Waals surface area contributed by atoms with Gasteiger partial charge in [-0.25, -0.2) is 0 Å². The Morgan fingerprint density at radius 2 is 1.86 bits per heavy atom. The molecule has 2 aromatic carbocycles. The molecule has 0 bridgehead atoms. The number of aromatic nitrogens is 3. The van der Waals surface area contributed by atoms with Crippen molar-refractivity contribution in [2.24, 2.45) is 0 Å². The lowest BCUT2D eigenvalue weighted by molar-refractivity contribution is -0.386. The fourth-order valence-electron chi connectivity index (χ4n) is 2.46. The smallest absolute Gasteiger partial charge is 0.314 e. The van der Waals surface area contributed by atoms with E-state index in [2.05, 4.69) is 20.3 Å². The van der Waals surface area contributed by atoms with Gasteiger partial charge in [0, 0.05) is 0 Å². The van der Waals surface area contributed by atoms with Gasteiger partial charge >= 0.3 is 5.69 Å². The minimum atomic E-state index is -0.561. The molecule has 1 heterocycles. The summed E-state index contributed by atoms with van der Waals surface area (Å²) in [6.07, 6.45) is 0. The Morgan fingerprint density at radius 1 is 1.07 bits per heavy atom. The minimum absolute atomic E-state index is 0.0276. The van der Waals surface area contributed by atoms with Crippen molar-refractivity contribution >= 4 is 23.3 Å². The molecule has 150 valence electrons. The molecule has 3 rings (SSSR count). The predicted octanol–water partition coefficient (Wildman–Crippen LogP) is 2.70. The average molecular weight is 398 g/mol. The highest BCUT2D eigenvalue weighted by Crippen LogP contribution is 2.31. The maximum atomic E-state index is 11.3. The number of para-hydroxylation sites is 2. The average Bonchev–Trinajstić information content (AvgIpc) is 2.72. The van der Waals surface area contributed by atoms with E-state index in [1.54, 1.807) is 25.3 Å². The van der Waals surface area contributed by atoms with E-state index < -0.39 is 4.92 Å². The summed E-state index contributed by atoms with van der Waals surface area (Å²) in [5.41, 5.74) is 6.15. The molecule has 3 aromatic rings. The minimum Gasteiger partial charge on any atom is -0.496 e. The van der Waals surface area contributed by atoms with Gasteiger partial charge < -0.3 is 25.3 Å². The topological polar surface area (TPSA) is 148 Å². The Morgan fingerprint density at radius 3 is 2.59 bits per heavy atom. The zero-order chi connectivity index (χ0) is 20.8. The number of hydrogen-bond donors (Lipinski definition) is 2. The van der Waals surface area contributed by atoms with Crippen LogP contribution in [0.4, 0.5) is 23.3 Å². The number of nitrogens with two attached hydrogens (primary N) is 1. The summed E-state index contributed by atoms with van der Waals surface area (Å²) in [5, 5.41) is 14.3. The monoisotopic (exact) mass is 398 g/mol. The van der Waals surface area contributed by atoms with E-state index in [0.717, 1.165) is 0 Å². The molecule has 0 spiro atoms. The predicted molar refractivity (Wildman–Crippen MR) is 104 cm³/mol. The van der Waals surface area contributed by atoms with Crippen LogP contribution in [0.25, 0.3) is 0 Å². The van der Waals surface area contributed by atoms with Crippen LogP contribution in [-0.2, 0) is 6.61 Å². The van der Waals surface area contributed by atoms with E-state index in [1.807, 2.05) is 12.1 Å². The van der Waals surface area contributed by atoms with Crippen LogP contribution >= 0.6 is 0 Å². The lowest BCUT2D eigenvalue weighted by Crippen LogP contribution is -2.10. The second-order valence-corrected chi connectivity index (χ2v) is 5.64. The fraction of sp³-hybridized carbons (Fsp3) is 0.167. The number of hydrogen-bond acceptors (Lipinski definition) is 10. The molecular formula is C18H18N6O5. The van der Waals surface area contributed by atoms with Crippen molar-refractivity contribution in [3.05, 3.63) is 58.4 Å². The summed E-state index contributed by atoms with van der Waals surface area (Å²) >= 11 is 0. The molecule has 1 aromatic heterocycles.